The predicted molar refractivity (Wildman–Crippen MR) is 153 cm³/mol. The fourth-order valence-corrected chi connectivity index (χ4v) is 6.30. The molecular weight excluding hydrogens is 538 g/mol. The molecule has 190 valence electrons. The van der Waals surface area contributed by atoms with Crippen LogP contribution >= 0.6 is 15.9 Å². The van der Waals surface area contributed by atoms with Crippen molar-refractivity contribution in [2.24, 2.45) is 11.7 Å². The minimum atomic E-state index is -1.07. The molecule has 4 aromatic rings. The van der Waals surface area contributed by atoms with Gasteiger partial charge in [-0.3, -0.25) is 4.79 Å². The number of halogens is 1. The van der Waals surface area contributed by atoms with Gasteiger partial charge in [0.2, 0.25) is 0 Å². The van der Waals surface area contributed by atoms with Crippen LogP contribution in [0, 0.1) is 5.92 Å². The van der Waals surface area contributed by atoms with Crippen molar-refractivity contribution in [1.82, 2.24) is 0 Å². The molecule has 0 saturated carbocycles. The van der Waals surface area contributed by atoms with E-state index in [0.29, 0.717) is 11.1 Å². The number of hydrogen-bond acceptors (Lipinski definition) is 4. The van der Waals surface area contributed by atoms with Crippen LogP contribution in [0.15, 0.2) is 131 Å². The summed E-state index contributed by atoms with van der Waals surface area (Å²) >= 11 is 3.62. The summed E-state index contributed by atoms with van der Waals surface area (Å²) < 4.78 is 6.51. The quantitative estimate of drug-likeness (QED) is 0.197. The summed E-state index contributed by atoms with van der Waals surface area (Å²) in [6.07, 6.45) is 0. The Morgan fingerprint density at radius 1 is 0.816 bits per heavy atom. The van der Waals surface area contributed by atoms with E-state index in [2.05, 4.69) is 15.9 Å². The second-order valence-corrected chi connectivity index (χ2v) is 10.2. The maximum absolute atomic E-state index is 14.3. The number of ketones is 1. The maximum Gasteiger partial charge on any atom is 0.337 e. The summed E-state index contributed by atoms with van der Waals surface area (Å²) in [5.41, 5.74) is 9.61. The zero-order valence-corrected chi connectivity index (χ0v) is 22.6. The van der Waals surface area contributed by atoms with Gasteiger partial charge in [-0.15, -0.1) is 0 Å². The number of benzene rings is 4. The molecule has 2 atom stereocenters. The smallest absolute Gasteiger partial charge is 0.337 e. The lowest BCUT2D eigenvalue weighted by atomic mass is 9.60. The fraction of sp³-hybridized carbons (Fsp3) is 0.152. The van der Waals surface area contributed by atoms with E-state index in [1.54, 1.807) is 19.1 Å². The molecule has 5 heteroatoms. The van der Waals surface area contributed by atoms with Crippen molar-refractivity contribution < 1.29 is 14.3 Å². The molecule has 0 heterocycles. The van der Waals surface area contributed by atoms with Gasteiger partial charge in [0.15, 0.2) is 5.78 Å². The number of carbonyl (C=O) groups is 2. The number of ether oxygens (including phenoxy) is 1. The number of Topliss-reactive ketones (excluding diaryl/α,β-unsaturated/α-hetero) is 1. The molecule has 0 fully saturated rings. The average Bonchev–Trinajstić information content (AvgIpc) is 3.24. The zero-order valence-electron chi connectivity index (χ0n) is 21.0. The highest BCUT2D eigenvalue weighted by atomic mass is 79.9. The highest BCUT2D eigenvalue weighted by Gasteiger charge is 2.60. The molecule has 1 aliphatic rings. The van der Waals surface area contributed by atoms with E-state index in [4.69, 9.17) is 10.5 Å². The summed E-state index contributed by atoms with van der Waals surface area (Å²) in [5.74, 6) is -1.96. The number of carbonyl (C=O) groups excluding carboxylic acids is 2. The van der Waals surface area contributed by atoms with Crippen molar-refractivity contribution in [1.29, 1.82) is 0 Å². The molecular formula is C33H28BrNO3. The van der Waals surface area contributed by atoms with E-state index >= 15 is 0 Å². The first kappa shape index (κ1) is 25.7. The topological polar surface area (TPSA) is 69.4 Å². The first-order valence-electron chi connectivity index (χ1n) is 12.6. The van der Waals surface area contributed by atoms with Crippen molar-refractivity contribution in [2.75, 3.05) is 6.61 Å². The summed E-state index contributed by atoms with van der Waals surface area (Å²) in [6, 6.07) is 36.7. The van der Waals surface area contributed by atoms with Gasteiger partial charge in [0.05, 0.1) is 23.5 Å². The molecule has 2 N–H and O–H groups in total. The zero-order chi connectivity index (χ0) is 26.7. The van der Waals surface area contributed by atoms with Crippen LogP contribution in [-0.2, 0) is 14.9 Å². The first-order valence-corrected chi connectivity index (χ1v) is 13.4. The molecule has 4 aromatic carbocycles. The van der Waals surface area contributed by atoms with Gasteiger partial charge in [-0.25, -0.2) is 4.79 Å². The standard InChI is InChI=1S/C33H28BrNO3/c1-2-38-32(37)29-30(35)27(31(36)22-13-6-3-7-14-22)28(23-15-12-20-26(34)21-23)33(29,24-16-8-4-9-17-24)25-18-10-5-11-19-25/h3-21,27-28H,2,35H2,1H3. The van der Waals surface area contributed by atoms with E-state index < -0.39 is 23.2 Å². The van der Waals surface area contributed by atoms with Gasteiger partial charge in [0.25, 0.3) is 0 Å². The Hall–Kier alpha value is -3.96. The molecule has 0 aromatic heterocycles. The Balaban J connectivity index is 1.92. The molecule has 0 radical (unpaired) electrons. The van der Waals surface area contributed by atoms with Crippen molar-refractivity contribution in [3.8, 4) is 0 Å². The van der Waals surface area contributed by atoms with Gasteiger partial charge in [0.1, 0.15) is 0 Å². The van der Waals surface area contributed by atoms with Gasteiger partial charge in [-0.05, 0) is 35.7 Å². The lowest BCUT2D eigenvalue weighted by Gasteiger charge is -2.40. The van der Waals surface area contributed by atoms with Crippen LogP contribution in [-0.4, -0.2) is 18.4 Å². The van der Waals surface area contributed by atoms with Gasteiger partial charge in [-0.1, -0.05) is 119 Å². The minimum Gasteiger partial charge on any atom is -0.463 e. The molecule has 0 aliphatic heterocycles. The largest absolute Gasteiger partial charge is 0.463 e. The predicted octanol–water partition coefficient (Wildman–Crippen LogP) is 6.81. The normalized spacial score (nSPS) is 18.3. The minimum absolute atomic E-state index is 0.136. The fourth-order valence-electron chi connectivity index (χ4n) is 5.88. The summed E-state index contributed by atoms with van der Waals surface area (Å²) in [5, 5.41) is 0. The Morgan fingerprint density at radius 2 is 1.37 bits per heavy atom. The van der Waals surface area contributed by atoms with Crippen LogP contribution in [0.4, 0.5) is 0 Å². The van der Waals surface area contributed by atoms with Crippen LogP contribution < -0.4 is 5.73 Å². The highest BCUT2D eigenvalue weighted by molar-refractivity contribution is 9.10. The van der Waals surface area contributed by atoms with E-state index in [1.807, 2.05) is 103 Å². The number of nitrogens with two attached hydrogens (primary N) is 1. The van der Waals surface area contributed by atoms with E-state index in [1.165, 1.54) is 0 Å². The number of rotatable bonds is 7. The molecule has 5 rings (SSSR count). The molecule has 0 amide bonds. The van der Waals surface area contributed by atoms with Crippen LogP contribution in [0.2, 0.25) is 0 Å². The van der Waals surface area contributed by atoms with Gasteiger partial charge >= 0.3 is 5.97 Å². The Labute approximate surface area is 231 Å². The molecule has 4 nitrogen and oxygen atoms in total. The van der Waals surface area contributed by atoms with E-state index in [0.717, 1.165) is 21.2 Å². The molecule has 1 aliphatic carbocycles. The van der Waals surface area contributed by atoms with E-state index in [9.17, 15) is 9.59 Å². The number of allylic oxidation sites excluding steroid dienone is 1. The van der Waals surface area contributed by atoms with Crippen molar-refractivity contribution in [3.05, 3.63) is 153 Å². The van der Waals surface area contributed by atoms with Crippen LogP contribution in [0.3, 0.4) is 0 Å². The molecule has 0 spiro atoms. The highest BCUT2D eigenvalue weighted by Crippen LogP contribution is 2.60. The SMILES string of the molecule is CCOC(=O)C1=C(N)C(C(=O)c2ccccc2)C(c2cccc(Br)c2)C1(c1ccccc1)c1ccccc1. The lowest BCUT2D eigenvalue weighted by molar-refractivity contribution is -0.139. The molecule has 2 unspecified atom stereocenters. The third-order valence-corrected chi connectivity index (χ3v) is 7.80. The van der Waals surface area contributed by atoms with Gasteiger partial charge in [0, 0.05) is 21.7 Å². The molecule has 38 heavy (non-hydrogen) atoms. The second kappa shape index (κ2) is 10.8. The van der Waals surface area contributed by atoms with E-state index in [-0.39, 0.29) is 18.1 Å². The number of esters is 1. The van der Waals surface area contributed by atoms with Crippen LogP contribution in [0.1, 0.15) is 39.9 Å². The number of hydrogen-bond donors (Lipinski definition) is 1. The van der Waals surface area contributed by atoms with Crippen molar-refractivity contribution >= 4 is 27.7 Å². The average molecular weight is 566 g/mol. The second-order valence-electron chi connectivity index (χ2n) is 9.33. The van der Waals surface area contributed by atoms with Gasteiger partial charge in [-0.2, -0.15) is 0 Å². The third-order valence-electron chi connectivity index (χ3n) is 7.30. The Morgan fingerprint density at radius 3 is 1.89 bits per heavy atom. The van der Waals surface area contributed by atoms with Crippen LogP contribution in [0.25, 0.3) is 0 Å². The summed E-state index contributed by atoms with van der Waals surface area (Å²) in [7, 11) is 0. The monoisotopic (exact) mass is 565 g/mol. The Bertz CT molecular complexity index is 1440. The van der Waals surface area contributed by atoms with Crippen LogP contribution in [0.5, 0.6) is 0 Å². The lowest BCUT2D eigenvalue weighted by Crippen LogP contribution is -2.40. The third kappa shape index (κ3) is 4.27. The van der Waals surface area contributed by atoms with Crippen molar-refractivity contribution in [3.63, 3.8) is 0 Å². The summed E-state index contributed by atoms with van der Waals surface area (Å²) in [6.45, 7) is 1.96. The molecule has 0 saturated heterocycles. The van der Waals surface area contributed by atoms with Gasteiger partial charge < -0.3 is 10.5 Å². The first-order chi connectivity index (χ1) is 18.5. The maximum atomic E-state index is 14.3. The Kier molecular flexibility index (Phi) is 7.30. The molecule has 0 bridgehead atoms. The summed E-state index contributed by atoms with van der Waals surface area (Å²) in [4.78, 5) is 28.2. The van der Waals surface area contributed by atoms with Crippen molar-refractivity contribution in [2.45, 2.75) is 18.3 Å².